The maximum Gasteiger partial charge on any atom is 0.347 e. The van der Waals surface area contributed by atoms with Crippen molar-refractivity contribution in [2.24, 2.45) is 0 Å². The molecule has 0 fully saturated rings. The van der Waals surface area contributed by atoms with Crippen LogP contribution in [0.2, 0.25) is 0 Å². The first kappa shape index (κ1) is 13.3. The topological polar surface area (TPSA) is 43.4 Å². The maximum absolute atomic E-state index is 12.6. The Balaban J connectivity index is 2.13. The van der Waals surface area contributed by atoms with Gasteiger partial charge in [0, 0.05) is 0 Å². The zero-order chi connectivity index (χ0) is 15.0. The van der Waals surface area contributed by atoms with Crippen LogP contribution >= 0.6 is 0 Å². The number of fused-ring (bicyclic) bond motifs is 1. The van der Waals surface area contributed by atoms with Crippen molar-refractivity contribution in [1.29, 1.82) is 0 Å². The molecule has 0 amide bonds. The van der Waals surface area contributed by atoms with Gasteiger partial charge in [-0.25, -0.2) is 4.79 Å². The lowest BCUT2D eigenvalue weighted by atomic mass is 9.92. The summed E-state index contributed by atoms with van der Waals surface area (Å²) in [6, 6.07) is 14.5. The molecule has 0 atom stereocenters. The number of allylic oxidation sites excluding steroid dienone is 1. The van der Waals surface area contributed by atoms with E-state index < -0.39 is 5.97 Å². The predicted octanol–water partition coefficient (Wildman–Crippen LogP) is 3.57. The summed E-state index contributed by atoms with van der Waals surface area (Å²) >= 11 is 0. The normalized spacial score (nSPS) is 16.3. The second-order valence-electron chi connectivity index (χ2n) is 5.08. The van der Waals surface area contributed by atoms with Crippen LogP contribution in [-0.2, 0) is 4.79 Å². The van der Waals surface area contributed by atoms with Crippen LogP contribution in [0.25, 0.3) is 5.57 Å². The monoisotopic (exact) mass is 278 g/mol. The standard InChI is InChI=1S/C18H14O3/c1-11-7-9-13(10-8-11)12(2)16-17(19)14-5-3-4-6-15(14)21-18(16)20/h3-10H,1-2H3/b16-12-. The van der Waals surface area contributed by atoms with Crippen LogP contribution in [0.3, 0.4) is 0 Å². The molecule has 0 radical (unpaired) electrons. The van der Waals surface area contributed by atoms with Crippen molar-refractivity contribution in [1.82, 2.24) is 0 Å². The number of carbonyl (C=O) groups is 2. The molecule has 2 aromatic rings. The number of carbonyl (C=O) groups excluding carboxylic acids is 2. The van der Waals surface area contributed by atoms with Gasteiger partial charge in [0.15, 0.2) is 0 Å². The molecule has 0 spiro atoms. The third kappa shape index (κ3) is 2.27. The molecule has 0 saturated heterocycles. The molecule has 3 nitrogen and oxygen atoms in total. The first-order valence-corrected chi connectivity index (χ1v) is 6.72. The summed E-state index contributed by atoms with van der Waals surface area (Å²) in [5.74, 6) is -0.537. The fraction of sp³-hybridized carbons (Fsp3) is 0.111. The Morgan fingerprint density at radius 2 is 1.62 bits per heavy atom. The summed E-state index contributed by atoms with van der Waals surface area (Å²) in [5.41, 5.74) is 3.15. The number of esters is 1. The zero-order valence-corrected chi connectivity index (χ0v) is 11.8. The van der Waals surface area contributed by atoms with Gasteiger partial charge < -0.3 is 4.74 Å². The summed E-state index contributed by atoms with van der Waals surface area (Å²) < 4.78 is 5.26. The van der Waals surface area contributed by atoms with Gasteiger partial charge in [0.05, 0.1) is 5.56 Å². The van der Waals surface area contributed by atoms with Crippen LogP contribution in [0.5, 0.6) is 5.75 Å². The molecule has 3 rings (SSSR count). The third-order valence-electron chi connectivity index (χ3n) is 3.63. The van der Waals surface area contributed by atoms with Gasteiger partial charge in [-0.05, 0) is 37.1 Å². The van der Waals surface area contributed by atoms with E-state index in [0.717, 1.165) is 11.1 Å². The van der Waals surface area contributed by atoms with Crippen molar-refractivity contribution in [3.63, 3.8) is 0 Å². The number of hydrogen-bond donors (Lipinski definition) is 0. The molecule has 0 saturated carbocycles. The van der Waals surface area contributed by atoms with E-state index >= 15 is 0 Å². The maximum atomic E-state index is 12.6. The molecule has 0 aliphatic carbocycles. The summed E-state index contributed by atoms with van der Waals surface area (Å²) in [6.07, 6.45) is 0. The Kier molecular flexibility index (Phi) is 3.18. The van der Waals surface area contributed by atoms with Gasteiger partial charge in [-0.2, -0.15) is 0 Å². The summed E-state index contributed by atoms with van der Waals surface area (Å²) in [7, 11) is 0. The smallest absolute Gasteiger partial charge is 0.347 e. The molecular weight excluding hydrogens is 264 g/mol. The van der Waals surface area contributed by atoms with Gasteiger partial charge in [0.25, 0.3) is 0 Å². The average molecular weight is 278 g/mol. The van der Waals surface area contributed by atoms with E-state index in [1.165, 1.54) is 0 Å². The highest BCUT2D eigenvalue weighted by molar-refractivity contribution is 6.31. The lowest BCUT2D eigenvalue weighted by molar-refractivity contribution is -0.130. The molecular formula is C18H14O3. The Bertz CT molecular complexity index is 767. The minimum Gasteiger partial charge on any atom is -0.422 e. The van der Waals surface area contributed by atoms with E-state index in [0.29, 0.717) is 16.9 Å². The molecule has 0 bridgehead atoms. The van der Waals surface area contributed by atoms with Gasteiger partial charge in [-0.15, -0.1) is 0 Å². The van der Waals surface area contributed by atoms with E-state index in [4.69, 9.17) is 4.74 Å². The quantitative estimate of drug-likeness (QED) is 0.346. The summed E-state index contributed by atoms with van der Waals surface area (Å²) in [4.78, 5) is 24.7. The molecule has 1 heterocycles. The van der Waals surface area contributed by atoms with Crippen molar-refractivity contribution < 1.29 is 14.3 Å². The summed E-state index contributed by atoms with van der Waals surface area (Å²) in [5, 5.41) is 0. The zero-order valence-electron chi connectivity index (χ0n) is 11.8. The molecule has 21 heavy (non-hydrogen) atoms. The van der Waals surface area contributed by atoms with E-state index in [1.54, 1.807) is 31.2 Å². The lowest BCUT2D eigenvalue weighted by Gasteiger charge is -2.18. The highest BCUT2D eigenvalue weighted by atomic mass is 16.5. The van der Waals surface area contributed by atoms with Crippen LogP contribution in [0.15, 0.2) is 54.1 Å². The van der Waals surface area contributed by atoms with Gasteiger partial charge in [0.2, 0.25) is 5.78 Å². The van der Waals surface area contributed by atoms with E-state index in [1.807, 2.05) is 31.2 Å². The predicted molar refractivity (Wildman–Crippen MR) is 80.2 cm³/mol. The number of aryl methyl sites for hydroxylation is 1. The molecule has 0 N–H and O–H groups in total. The molecule has 1 aliphatic heterocycles. The molecule has 2 aromatic carbocycles. The van der Waals surface area contributed by atoms with Crippen molar-refractivity contribution in [2.45, 2.75) is 13.8 Å². The second kappa shape index (κ2) is 5.02. The average Bonchev–Trinajstić information content (AvgIpc) is 2.48. The van der Waals surface area contributed by atoms with Gasteiger partial charge in [-0.1, -0.05) is 42.0 Å². The number of Topliss-reactive ketones (excluding diaryl/α,β-unsaturated/α-hetero) is 1. The molecule has 104 valence electrons. The number of rotatable bonds is 1. The van der Waals surface area contributed by atoms with E-state index in [-0.39, 0.29) is 11.4 Å². The van der Waals surface area contributed by atoms with Crippen molar-refractivity contribution in [3.8, 4) is 5.75 Å². The van der Waals surface area contributed by atoms with Crippen LogP contribution in [0.4, 0.5) is 0 Å². The largest absolute Gasteiger partial charge is 0.422 e. The van der Waals surface area contributed by atoms with E-state index in [9.17, 15) is 9.59 Å². The van der Waals surface area contributed by atoms with Crippen molar-refractivity contribution >= 4 is 17.3 Å². The fourth-order valence-corrected chi connectivity index (χ4v) is 2.39. The Morgan fingerprint density at radius 1 is 0.952 bits per heavy atom. The number of benzene rings is 2. The Hall–Kier alpha value is -2.68. The highest BCUT2D eigenvalue weighted by Gasteiger charge is 2.32. The molecule has 3 heteroatoms. The number of ketones is 1. The van der Waals surface area contributed by atoms with Gasteiger partial charge in [0.1, 0.15) is 11.3 Å². The lowest BCUT2D eigenvalue weighted by Crippen LogP contribution is -2.26. The number of ether oxygens (including phenoxy) is 1. The molecule has 0 aromatic heterocycles. The molecule has 1 aliphatic rings. The fourth-order valence-electron chi connectivity index (χ4n) is 2.39. The number of hydrogen-bond acceptors (Lipinski definition) is 3. The van der Waals surface area contributed by atoms with Crippen LogP contribution < -0.4 is 4.74 Å². The Morgan fingerprint density at radius 3 is 2.33 bits per heavy atom. The third-order valence-corrected chi connectivity index (χ3v) is 3.63. The first-order valence-electron chi connectivity index (χ1n) is 6.72. The van der Waals surface area contributed by atoms with Crippen molar-refractivity contribution in [2.75, 3.05) is 0 Å². The Labute approximate surface area is 122 Å². The van der Waals surface area contributed by atoms with Crippen LogP contribution in [0.1, 0.15) is 28.4 Å². The van der Waals surface area contributed by atoms with E-state index in [2.05, 4.69) is 0 Å². The first-order chi connectivity index (χ1) is 10.1. The van der Waals surface area contributed by atoms with Crippen LogP contribution in [-0.4, -0.2) is 11.8 Å². The van der Waals surface area contributed by atoms with Crippen LogP contribution in [0, 0.1) is 6.92 Å². The summed E-state index contributed by atoms with van der Waals surface area (Å²) in [6.45, 7) is 3.76. The minimum atomic E-state index is -0.586. The van der Waals surface area contributed by atoms with Crippen molar-refractivity contribution in [3.05, 3.63) is 70.8 Å². The van der Waals surface area contributed by atoms with Gasteiger partial charge in [-0.3, -0.25) is 4.79 Å². The van der Waals surface area contributed by atoms with Gasteiger partial charge >= 0.3 is 5.97 Å². The molecule has 0 unspecified atom stereocenters. The minimum absolute atomic E-state index is 0.109. The second-order valence-corrected chi connectivity index (χ2v) is 5.08. The highest BCUT2D eigenvalue weighted by Crippen LogP contribution is 2.31. The SMILES string of the molecule is C/C(=C1/C(=O)Oc2ccccc2C1=O)c1ccc(C)cc1. The number of para-hydroxylation sites is 1.